The lowest BCUT2D eigenvalue weighted by Gasteiger charge is -2.33. The fourth-order valence-electron chi connectivity index (χ4n) is 5.73. The van der Waals surface area contributed by atoms with Gasteiger partial charge in [0, 0.05) is 24.4 Å². The van der Waals surface area contributed by atoms with Gasteiger partial charge in [-0.2, -0.15) is 0 Å². The van der Waals surface area contributed by atoms with Crippen molar-refractivity contribution in [2.75, 3.05) is 13.2 Å². The number of amides is 2. The Morgan fingerprint density at radius 1 is 0.914 bits per heavy atom. The van der Waals surface area contributed by atoms with Crippen LogP contribution in [0.5, 0.6) is 0 Å². The molecule has 2 N–H and O–H groups in total. The van der Waals surface area contributed by atoms with Gasteiger partial charge in [-0.15, -0.1) is 0 Å². The van der Waals surface area contributed by atoms with Gasteiger partial charge in [-0.3, -0.25) is 9.59 Å². The number of ether oxygens (including phenoxy) is 1. The molecule has 0 saturated heterocycles. The topological polar surface area (TPSA) is 95.9 Å². The van der Waals surface area contributed by atoms with Crippen LogP contribution < -0.4 is 5.32 Å². The number of fused-ring (bicyclic) bond motifs is 3. The van der Waals surface area contributed by atoms with Gasteiger partial charge in [0.1, 0.15) is 13.2 Å². The predicted molar refractivity (Wildman–Crippen MR) is 131 cm³/mol. The minimum Gasteiger partial charge on any atom is -0.480 e. The van der Waals surface area contributed by atoms with E-state index in [-0.39, 0.29) is 49.4 Å². The van der Waals surface area contributed by atoms with E-state index >= 15 is 0 Å². The first kappa shape index (κ1) is 23.4. The number of hydrogen-bond acceptors (Lipinski definition) is 4. The predicted octanol–water partition coefficient (Wildman–Crippen LogP) is 4.55. The highest BCUT2D eigenvalue weighted by Crippen LogP contribution is 2.44. The first-order chi connectivity index (χ1) is 17.0. The van der Waals surface area contributed by atoms with Crippen LogP contribution in [0.4, 0.5) is 4.79 Å². The van der Waals surface area contributed by atoms with Gasteiger partial charge in [-0.25, -0.2) is 4.79 Å². The van der Waals surface area contributed by atoms with E-state index in [0.29, 0.717) is 0 Å². The number of hydrogen-bond donors (Lipinski definition) is 2. The highest BCUT2D eigenvalue weighted by molar-refractivity contribution is 5.82. The average Bonchev–Trinajstić information content (AvgIpc) is 3.65. The number of rotatable bonds is 8. The normalized spacial score (nSPS) is 21.0. The van der Waals surface area contributed by atoms with Crippen LogP contribution in [-0.2, 0) is 14.3 Å². The monoisotopic (exact) mass is 476 g/mol. The highest BCUT2D eigenvalue weighted by atomic mass is 16.5. The molecule has 7 heteroatoms. The first-order valence-corrected chi connectivity index (χ1v) is 12.6. The second-order valence-corrected chi connectivity index (χ2v) is 9.97. The molecule has 0 bridgehead atoms. The van der Waals surface area contributed by atoms with E-state index in [1.165, 1.54) is 27.2 Å². The van der Waals surface area contributed by atoms with E-state index in [1.807, 2.05) is 24.3 Å². The van der Waals surface area contributed by atoms with Gasteiger partial charge in [0.15, 0.2) is 0 Å². The van der Waals surface area contributed by atoms with E-state index in [0.717, 1.165) is 38.5 Å². The Balaban J connectivity index is 1.20. The molecule has 0 radical (unpaired) electrons. The molecule has 2 aromatic rings. The smallest absolute Gasteiger partial charge is 0.407 e. The zero-order valence-corrected chi connectivity index (χ0v) is 19.8. The van der Waals surface area contributed by atoms with Crippen LogP contribution >= 0.6 is 0 Å². The highest BCUT2D eigenvalue weighted by Gasteiger charge is 2.37. The molecule has 0 spiro atoms. The van der Waals surface area contributed by atoms with Crippen LogP contribution in [0, 0.1) is 5.92 Å². The molecule has 3 aliphatic carbocycles. The Bertz CT molecular complexity index is 1070. The molecule has 2 atom stereocenters. The van der Waals surface area contributed by atoms with Crippen molar-refractivity contribution >= 4 is 18.0 Å². The van der Waals surface area contributed by atoms with Crippen molar-refractivity contribution in [3.8, 4) is 11.1 Å². The molecule has 2 fully saturated rings. The third kappa shape index (κ3) is 5.19. The Morgan fingerprint density at radius 3 is 2.17 bits per heavy atom. The molecule has 35 heavy (non-hydrogen) atoms. The molecule has 2 amide bonds. The van der Waals surface area contributed by atoms with Crippen molar-refractivity contribution in [2.24, 2.45) is 5.92 Å². The fourth-order valence-corrected chi connectivity index (χ4v) is 5.73. The van der Waals surface area contributed by atoms with Crippen LogP contribution in [0.3, 0.4) is 0 Å². The van der Waals surface area contributed by atoms with E-state index in [2.05, 4.69) is 29.6 Å². The molecule has 0 aliphatic heterocycles. The summed E-state index contributed by atoms with van der Waals surface area (Å²) in [4.78, 5) is 38.4. The summed E-state index contributed by atoms with van der Waals surface area (Å²) in [7, 11) is 0. The Labute approximate surface area is 205 Å². The Morgan fingerprint density at radius 2 is 1.54 bits per heavy atom. The number of aliphatic carboxylic acids is 1. The second-order valence-electron chi connectivity index (χ2n) is 9.97. The first-order valence-electron chi connectivity index (χ1n) is 12.6. The van der Waals surface area contributed by atoms with Crippen molar-refractivity contribution in [3.63, 3.8) is 0 Å². The van der Waals surface area contributed by atoms with Crippen LogP contribution in [0.15, 0.2) is 48.5 Å². The van der Waals surface area contributed by atoms with Gasteiger partial charge in [0.05, 0.1) is 0 Å². The number of nitrogens with one attached hydrogen (secondary N) is 1. The maximum atomic E-state index is 12.9. The van der Waals surface area contributed by atoms with Crippen molar-refractivity contribution in [2.45, 2.75) is 62.9 Å². The summed E-state index contributed by atoms with van der Waals surface area (Å²) in [5.74, 6) is -1.12. The van der Waals surface area contributed by atoms with Crippen molar-refractivity contribution in [3.05, 3.63) is 59.7 Å². The van der Waals surface area contributed by atoms with E-state index in [4.69, 9.17) is 4.74 Å². The summed E-state index contributed by atoms with van der Waals surface area (Å²) in [6.45, 7) is 0.00490. The maximum Gasteiger partial charge on any atom is 0.407 e. The number of carboxylic acid groups (broad SMARTS) is 1. The molecule has 0 unspecified atom stereocenters. The summed E-state index contributed by atoms with van der Waals surface area (Å²) in [6.07, 6.45) is 5.16. The molecule has 5 rings (SSSR count). The third-order valence-corrected chi connectivity index (χ3v) is 7.61. The lowest BCUT2D eigenvalue weighted by molar-refractivity contribution is -0.145. The van der Waals surface area contributed by atoms with Crippen LogP contribution in [0.1, 0.15) is 62.0 Å². The van der Waals surface area contributed by atoms with Gasteiger partial charge in [-0.05, 0) is 53.9 Å². The Hall–Kier alpha value is -3.35. The minimum atomic E-state index is -0.984. The zero-order valence-electron chi connectivity index (χ0n) is 19.8. The summed E-state index contributed by atoms with van der Waals surface area (Å²) in [5.41, 5.74) is 4.71. The standard InChI is InChI=1S/C28H32N2O5/c31-26(30(16-27(32)33)19-13-14-19)15-18-7-1-6-12-25(18)29-28(34)35-17-24-22-10-4-2-8-20(22)21-9-3-5-11-23(21)24/h2-5,8-11,18-19,24-25H,1,6-7,12-17H2,(H,29,34)(H,32,33)/t18-,25-/m0/s1. The molecular weight excluding hydrogens is 444 g/mol. The molecule has 0 heterocycles. The largest absolute Gasteiger partial charge is 0.480 e. The number of carboxylic acids is 1. The number of carbonyl (C=O) groups excluding carboxylic acids is 2. The van der Waals surface area contributed by atoms with Crippen molar-refractivity contribution in [1.29, 1.82) is 0 Å². The minimum absolute atomic E-state index is 0.000000687. The molecule has 7 nitrogen and oxygen atoms in total. The maximum absolute atomic E-state index is 12.9. The van der Waals surface area contributed by atoms with Gasteiger partial charge in [0.25, 0.3) is 0 Å². The zero-order chi connectivity index (χ0) is 24.4. The lowest BCUT2D eigenvalue weighted by atomic mass is 9.82. The van der Waals surface area contributed by atoms with E-state index in [9.17, 15) is 19.5 Å². The van der Waals surface area contributed by atoms with Gasteiger partial charge in [-0.1, -0.05) is 61.4 Å². The van der Waals surface area contributed by atoms with Gasteiger partial charge < -0.3 is 20.1 Å². The molecular formula is C28H32N2O5. The number of benzene rings is 2. The van der Waals surface area contributed by atoms with Crippen molar-refractivity contribution < 1.29 is 24.2 Å². The molecule has 0 aromatic heterocycles. The molecule has 2 aromatic carbocycles. The number of alkyl carbamates (subject to hydrolysis) is 1. The SMILES string of the molecule is O=C(O)CN(C(=O)C[C@@H]1CCCC[C@@H]1NC(=O)OCC1c2ccccc2-c2ccccc21)C1CC1. The molecule has 2 saturated carbocycles. The summed E-state index contributed by atoms with van der Waals surface area (Å²) >= 11 is 0. The Kier molecular flexibility index (Phi) is 6.75. The van der Waals surface area contributed by atoms with Crippen LogP contribution in [0.25, 0.3) is 11.1 Å². The number of nitrogens with zero attached hydrogens (tertiary/aromatic N) is 1. The van der Waals surface area contributed by atoms with Gasteiger partial charge in [0.2, 0.25) is 5.91 Å². The van der Waals surface area contributed by atoms with Crippen molar-refractivity contribution in [1.82, 2.24) is 10.2 Å². The van der Waals surface area contributed by atoms with E-state index < -0.39 is 12.1 Å². The summed E-state index contributed by atoms with van der Waals surface area (Å²) < 4.78 is 5.72. The third-order valence-electron chi connectivity index (χ3n) is 7.61. The van der Waals surface area contributed by atoms with Crippen LogP contribution in [-0.4, -0.2) is 53.2 Å². The number of carbonyl (C=O) groups is 3. The second kappa shape index (κ2) is 10.1. The quantitative estimate of drug-likeness (QED) is 0.583. The van der Waals surface area contributed by atoms with Gasteiger partial charge >= 0.3 is 12.1 Å². The summed E-state index contributed by atoms with van der Waals surface area (Å²) in [6, 6.07) is 16.4. The summed E-state index contributed by atoms with van der Waals surface area (Å²) in [5, 5.41) is 12.2. The average molecular weight is 477 g/mol. The lowest BCUT2D eigenvalue weighted by Crippen LogP contribution is -2.45. The molecule has 184 valence electrons. The van der Waals surface area contributed by atoms with Crippen LogP contribution in [0.2, 0.25) is 0 Å². The fraction of sp³-hybridized carbons (Fsp3) is 0.464. The van der Waals surface area contributed by atoms with E-state index in [1.54, 1.807) is 0 Å². The molecule has 3 aliphatic rings.